The normalized spacial score (nSPS) is 20.9. The Bertz CT molecular complexity index is 373. The Kier molecular flexibility index (Phi) is 5.86. The molecule has 1 aromatic carbocycles. The van der Waals surface area contributed by atoms with Crippen molar-refractivity contribution in [3.05, 3.63) is 28.7 Å². The molecule has 1 atom stereocenters. The van der Waals surface area contributed by atoms with Gasteiger partial charge in [-0.1, -0.05) is 28.9 Å². The lowest BCUT2D eigenvalue weighted by Gasteiger charge is -2.31. The van der Waals surface area contributed by atoms with Crippen LogP contribution in [0.1, 0.15) is 13.3 Å². The van der Waals surface area contributed by atoms with Gasteiger partial charge < -0.3 is 5.32 Å². The quantitative estimate of drug-likeness (QED) is 0.887. The largest absolute Gasteiger partial charge is 0.384 e. The van der Waals surface area contributed by atoms with Gasteiger partial charge in [-0.05, 0) is 24.6 Å². The minimum atomic E-state index is 0.838. The van der Waals surface area contributed by atoms with Crippen LogP contribution in [0.3, 0.4) is 0 Å². The third-order valence-corrected chi connectivity index (χ3v) is 5.13. The molecule has 0 aromatic heterocycles. The van der Waals surface area contributed by atoms with Crippen LogP contribution in [0, 0.1) is 0 Å². The summed E-state index contributed by atoms with van der Waals surface area (Å²) in [7, 11) is 0. The van der Waals surface area contributed by atoms with Crippen molar-refractivity contribution in [2.45, 2.75) is 18.6 Å². The van der Waals surface area contributed by atoms with E-state index in [1.54, 1.807) is 0 Å². The second-order valence-corrected chi connectivity index (χ2v) is 6.96. The summed E-state index contributed by atoms with van der Waals surface area (Å²) in [6.45, 7) is 6.95. The summed E-state index contributed by atoms with van der Waals surface area (Å²) in [4.78, 5) is 2.58. The van der Waals surface area contributed by atoms with Crippen LogP contribution >= 0.6 is 27.7 Å². The summed E-state index contributed by atoms with van der Waals surface area (Å²) in [5.74, 6) is 1.29. The van der Waals surface area contributed by atoms with E-state index in [2.05, 4.69) is 69.1 Å². The number of rotatable bonds is 5. The van der Waals surface area contributed by atoms with Crippen molar-refractivity contribution in [1.29, 1.82) is 0 Å². The third-order valence-electron chi connectivity index (χ3n) is 3.26. The Morgan fingerprint density at radius 2 is 2.39 bits per heavy atom. The first-order valence-electron chi connectivity index (χ1n) is 6.61. The molecular weight excluding hydrogens is 308 g/mol. The topological polar surface area (TPSA) is 15.3 Å². The molecule has 0 saturated carbocycles. The first-order chi connectivity index (χ1) is 8.78. The first kappa shape index (κ1) is 14.2. The molecule has 1 heterocycles. The van der Waals surface area contributed by atoms with Crippen molar-refractivity contribution < 1.29 is 0 Å². The van der Waals surface area contributed by atoms with E-state index in [-0.39, 0.29) is 0 Å². The molecule has 0 aliphatic carbocycles. The maximum absolute atomic E-state index is 3.49. The van der Waals surface area contributed by atoms with Crippen LogP contribution in [-0.2, 0) is 0 Å². The van der Waals surface area contributed by atoms with Crippen molar-refractivity contribution >= 4 is 33.4 Å². The molecule has 4 heteroatoms. The summed E-state index contributed by atoms with van der Waals surface area (Å²) in [5.41, 5.74) is 1.20. The average molecular weight is 329 g/mol. The molecule has 1 N–H and O–H groups in total. The van der Waals surface area contributed by atoms with E-state index in [4.69, 9.17) is 0 Å². The highest BCUT2D eigenvalue weighted by Gasteiger charge is 2.17. The van der Waals surface area contributed by atoms with E-state index in [1.165, 1.54) is 31.0 Å². The molecule has 1 fully saturated rings. The van der Waals surface area contributed by atoms with Crippen LogP contribution in [0.25, 0.3) is 0 Å². The predicted octanol–water partition coefficient (Wildman–Crippen LogP) is 3.69. The Labute approximate surface area is 123 Å². The van der Waals surface area contributed by atoms with Crippen LogP contribution in [0.15, 0.2) is 28.7 Å². The van der Waals surface area contributed by atoms with Gasteiger partial charge in [-0.15, -0.1) is 0 Å². The maximum Gasteiger partial charge on any atom is 0.0351 e. The lowest BCUT2D eigenvalue weighted by atomic mass is 10.3. The summed E-state index contributed by atoms with van der Waals surface area (Å²) >= 11 is 5.63. The van der Waals surface area contributed by atoms with Gasteiger partial charge in [0.2, 0.25) is 0 Å². The highest BCUT2D eigenvalue weighted by Crippen LogP contribution is 2.21. The van der Waals surface area contributed by atoms with Gasteiger partial charge in [0.05, 0.1) is 0 Å². The zero-order valence-corrected chi connectivity index (χ0v) is 13.3. The monoisotopic (exact) mass is 328 g/mol. The van der Waals surface area contributed by atoms with Gasteiger partial charge in [0.25, 0.3) is 0 Å². The molecule has 0 bridgehead atoms. The van der Waals surface area contributed by atoms with Crippen molar-refractivity contribution in [2.24, 2.45) is 0 Å². The SMILES string of the molecule is CCC1CN(CCNc2cccc(Br)c2)CCS1. The molecule has 0 radical (unpaired) electrons. The molecule has 0 spiro atoms. The van der Waals surface area contributed by atoms with Crippen molar-refractivity contribution in [3.8, 4) is 0 Å². The highest BCUT2D eigenvalue weighted by atomic mass is 79.9. The number of nitrogens with one attached hydrogen (secondary N) is 1. The molecule has 1 unspecified atom stereocenters. The molecule has 2 nitrogen and oxygen atoms in total. The Morgan fingerprint density at radius 1 is 1.50 bits per heavy atom. The van der Waals surface area contributed by atoms with Gasteiger partial charge in [-0.2, -0.15) is 11.8 Å². The molecule has 2 rings (SSSR count). The highest BCUT2D eigenvalue weighted by molar-refractivity contribution is 9.10. The Hall–Kier alpha value is -0.190. The molecule has 1 saturated heterocycles. The molecular formula is C14H21BrN2S. The number of hydrogen-bond donors (Lipinski definition) is 1. The number of hydrogen-bond acceptors (Lipinski definition) is 3. The first-order valence-corrected chi connectivity index (χ1v) is 8.45. The van der Waals surface area contributed by atoms with E-state index in [1.807, 2.05) is 0 Å². The fraction of sp³-hybridized carbons (Fsp3) is 0.571. The minimum Gasteiger partial charge on any atom is -0.384 e. The lowest BCUT2D eigenvalue weighted by molar-refractivity contribution is 0.292. The average Bonchev–Trinajstić information content (AvgIpc) is 2.39. The van der Waals surface area contributed by atoms with E-state index in [0.29, 0.717) is 0 Å². The van der Waals surface area contributed by atoms with E-state index < -0.39 is 0 Å². The Morgan fingerprint density at radius 3 is 3.17 bits per heavy atom. The van der Waals surface area contributed by atoms with E-state index >= 15 is 0 Å². The number of thioether (sulfide) groups is 1. The Balaban J connectivity index is 1.72. The van der Waals surface area contributed by atoms with Crippen LogP contribution in [0.2, 0.25) is 0 Å². The fourth-order valence-electron chi connectivity index (χ4n) is 2.19. The van der Waals surface area contributed by atoms with Crippen LogP contribution in [0.5, 0.6) is 0 Å². The smallest absolute Gasteiger partial charge is 0.0351 e. The van der Waals surface area contributed by atoms with Crippen molar-refractivity contribution in [2.75, 3.05) is 37.2 Å². The van der Waals surface area contributed by atoms with Gasteiger partial charge in [-0.25, -0.2) is 0 Å². The summed E-state index contributed by atoms with van der Waals surface area (Å²) in [6, 6.07) is 8.36. The third kappa shape index (κ3) is 4.48. The predicted molar refractivity (Wildman–Crippen MR) is 85.6 cm³/mol. The van der Waals surface area contributed by atoms with Crippen molar-refractivity contribution in [1.82, 2.24) is 4.90 Å². The zero-order valence-electron chi connectivity index (χ0n) is 10.9. The number of anilines is 1. The molecule has 100 valence electrons. The molecule has 1 aliphatic rings. The standard InChI is InChI=1S/C14H21BrN2S/c1-2-14-11-17(8-9-18-14)7-6-16-13-5-3-4-12(15)10-13/h3-5,10,14,16H,2,6-9,11H2,1H3. The van der Waals surface area contributed by atoms with Gasteiger partial charge in [0.1, 0.15) is 0 Å². The van der Waals surface area contributed by atoms with E-state index in [9.17, 15) is 0 Å². The second-order valence-electron chi connectivity index (χ2n) is 4.64. The van der Waals surface area contributed by atoms with Gasteiger partial charge >= 0.3 is 0 Å². The molecule has 0 amide bonds. The van der Waals surface area contributed by atoms with Crippen LogP contribution in [0.4, 0.5) is 5.69 Å². The summed E-state index contributed by atoms with van der Waals surface area (Å²) in [5, 5.41) is 4.32. The molecule has 1 aromatic rings. The minimum absolute atomic E-state index is 0.838. The fourth-order valence-corrected chi connectivity index (χ4v) is 3.84. The molecule has 18 heavy (non-hydrogen) atoms. The number of benzene rings is 1. The second kappa shape index (κ2) is 7.41. The maximum atomic E-state index is 3.49. The lowest BCUT2D eigenvalue weighted by Crippen LogP contribution is -2.40. The number of nitrogens with zero attached hydrogens (tertiary/aromatic N) is 1. The number of halogens is 1. The van der Waals surface area contributed by atoms with Gasteiger partial charge in [-0.3, -0.25) is 4.90 Å². The molecule has 1 aliphatic heterocycles. The van der Waals surface area contributed by atoms with Crippen molar-refractivity contribution in [3.63, 3.8) is 0 Å². The van der Waals surface area contributed by atoms with E-state index in [0.717, 1.165) is 22.8 Å². The zero-order chi connectivity index (χ0) is 12.8. The van der Waals surface area contributed by atoms with Crippen LogP contribution < -0.4 is 5.32 Å². The van der Waals surface area contributed by atoms with Gasteiger partial charge in [0, 0.05) is 47.3 Å². The summed E-state index contributed by atoms with van der Waals surface area (Å²) < 4.78 is 1.13. The summed E-state index contributed by atoms with van der Waals surface area (Å²) in [6.07, 6.45) is 1.29. The van der Waals surface area contributed by atoms with Crippen LogP contribution in [-0.4, -0.2) is 42.1 Å². The van der Waals surface area contributed by atoms with Gasteiger partial charge in [0.15, 0.2) is 0 Å².